The fourth-order valence-electron chi connectivity index (χ4n) is 2.67. The van der Waals surface area contributed by atoms with Gasteiger partial charge in [-0.15, -0.1) is 0 Å². The minimum atomic E-state index is -0.167. The number of hydrogen-bond acceptors (Lipinski definition) is 3. The van der Waals surface area contributed by atoms with Crippen LogP contribution >= 0.6 is 0 Å². The van der Waals surface area contributed by atoms with Crippen molar-refractivity contribution in [2.24, 2.45) is 0 Å². The number of anilines is 1. The zero-order valence-electron chi connectivity index (χ0n) is 15.4. The normalized spacial score (nSPS) is 10.3. The van der Waals surface area contributed by atoms with E-state index in [1.807, 2.05) is 49.4 Å². The summed E-state index contributed by atoms with van der Waals surface area (Å²) < 4.78 is 11.2. The average molecular weight is 361 g/mol. The molecule has 0 aliphatic carbocycles. The van der Waals surface area contributed by atoms with Gasteiger partial charge in [-0.2, -0.15) is 0 Å². The lowest BCUT2D eigenvalue weighted by Gasteiger charge is -2.10. The number of benzene rings is 3. The molecule has 3 aromatic carbocycles. The van der Waals surface area contributed by atoms with Crippen LogP contribution in [0.4, 0.5) is 5.69 Å². The monoisotopic (exact) mass is 361 g/mol. The predicted molar refractivity (Wildman–Crippen MR) is 108 cm³/mol. The van der Waals surface area contributed by atoms with Crippen LogP contribution in [0.25, 0.3) is 0 Å². The summed E-state index contributed by atoms with van der Waals surface area (Å²) in [6, 6.07) is 24.7. The van der Waals surface area contributed by atoms with Gasteiger partial charge in [-0.05, 0) is 48.9 Å². The van der Waals surface area contributed by atoms with E-state index in [2.05, 4.69) is 17.4 Å². The summed E-state index contributed by atoms with van der Waals surface area (Å²) in [5.74, 6) is 1.32. The van der Waals surface area contributed by atoms with E-state index in [1.54, 1.807) is 24.3 Å². The molecule has 0 bridgehead atoms. The van der Waals surface area contributed by atoms with Crippen LogP contribution in [-0.4, -0.2) is 19.1 Å². The summed E-state index contributed by atoms with van der Waals surface area (Å²) in [6.45, 7) is 3.11. The summed E-state index contributed by atoms with van der Waals surface area (Å²) in [5, 5.41) is 2.90. The van der Waals surface area contributed by atoms with E-state index in [0.29, 0.717) is 24.5 Å². The molecule has 0 unspecified atom stereocenters. The molecule has 3 rings (SSSR count). The van der Waals surface area contributed by atoms with Crippen molar-refractivity contribution >= 4 is 11.6 Å². The highest BCUT2D eigenvalue weighted by Gasteiger charge is 2.07. The van der Waals surface area contributed by atoms with Crippen LogP contribution in [0, 0.1) is 0 Å². The maximum absolute atomic E-state index is 12.4. The highest BCUT2D eigenvalue weighted by atomic mass is 16.5. The maximum Gasteiger partial charge on any atom is 0.255 e. The molecule has 138 valence electrons. The van der Waals surface area contributed by atoms with Gasteiger partial charge in [-0.25, -0.2) is 0 Å². The summed E-state index contributed by atoms with van der Waals surface area (Å²) in [4.78, 5) is 12.4. The standard InChI is InChI=1S/C23H23NO3/c1-2-26-21-13-11-19(12-14-21)23(25)24-20-9-6-10-22(17-20)27-16-15-18-7-4-3-5-8-18/h3-14,17H,2,15-16H2,1H3,(H,24,25). The first-order valence-electron chi connectivity index (χ1n) is 9.05. The third kappa shape index (κ3) is 5.61. The second-order valence-corrected chi connectivity index (χ2v) is 6.02. The molecule has 1 N–H and O–H groups in total. The molecule has 0 radical (unpaired) electrons. The van der Waals surface area contributed by atoms with Gasteiger partial charge in [-0.1, -0.05) is 36.4 Å². The molecule has 0 fully saturated rings. The maximum atomic E-state index is 12.4. The fraction of sp³-hybridized carbons (Fsp3) is 0.174. The summed E-state index contributed by atoms with van der Waals surface area (Å²) >= 11 is 0. The highest BCUT2D eigenvalue weighted by Crippen LogP contribution is 2.19. The molecule has 0 aliphatic heterocycles. The summed E-state index contributed by atoms with van der Waals surface area (Å²) in [5.41, 5.74) is 2.51. The van der Waals surface area contributed by atoms with Gasteiger partial charge in [0.1, 0.15) is 11.5 Å². The van der Waals surface area contributed by atoms with Gasteiger partial charge >= 0.3 is 0 Å². The third-order valence-corrected chi connectivity index (χ3v) is 4.02. The number of carbonyl (C=O) groups is 1. The van der Waals surface area contributed by atoms with E-state index < -0.39 is 0 Å². The van der Waals surface area contributed by atoms with E-state index >= 15 is 0 Å². The number of nitrogens with one attached hydrogen (secondary N) is 1. The fourth-order valence-corrected chi connectivity index (χ4v) is 2.67. The van der Waals surface area contributed by atoms with Gasteiger partial charge in [0.05, 0.1) is 13.2 Å². The van der Waals surface area contributed by atoms with Crippen LogP contribution in [0.2, 0.25) is 0 Å². The van der Waals surface area contributed by atoms with Crippen molar-refractivity contribution < 1.29 is 14.3 Å². The zero-order valence-corrected chi connectivity index (χ0v) is 15.4. The van der Waals surface area contributed by atoms with Gasteiger partial charge in [0.25, 0.3) is 5.91 Å². The Morgan fingerprint density at radius 2 is 1.63 bits per heavy atom. The molecule has 0 aromatic heterocycles. The molecule has 3 aromatic rings. The quantitative estimate of drug-likeness (QED) is 0.617. The van der Waals surface area contributed by atoms with E-state index in [9.17, 15) is 4.79 Å². The van der Waals surface area contributed by atoms with Crippen molar-refractivity contribution in [2.75, 3.05) is 18.5 Å². The van der Waals surface area contributed by atoms with E-state index in [1.165, 1.54) is 5.56 Å². The largest absolute Gasteiger partial charge is 0.494 e. The first-order chi connectivity index (χ1) is 13.2. The van der Waals surface area contributed by atoms with Crippen molar-refractivity contribution in [3.8, 4) is 11.5 Å². The van der Waals surface area contributed by atoms with E-state index in [4.69, 9.17) is 9.47 Å². The van der Waals surface area contributed by atoms with Crippen LogP contribution in [0.5, 0.6) is 11.5 Å². The van der Waals surface area contributed by atoms with Crippen molar-refractivity contribution in [1.82, 2.24) is 0 Å². The molecule has 1 amide bonds. The van der Waals surface area contributed by atoms with E-state index in [0.717, 1.165) is 17.9 Å². The van der Waals surface area contributed by atoms with Crippen LogP contribution < -0.4 is 14.8 Å². The molecule has 0 aliphatic rings. The van der Waals surface area contributed by atoms with Gasteiger partial charge in [0.2, 0.25) is 0 Å². The van der Waals surface area contributed by atoms with Crippen molar-refractivity contribution in [2.45, 2.75) is 13.3 Å². The number of amides is 1. The molecule has 4 nitrogen and oxygen atoms in total. The Labute approximate surface area is 159 Å². The Hall–Kier alpha value is -3.27. The number of hydrogen-bond donors (Lipinski definition) is 1. The Bertz CT molecular complexity index is 860. The minimum absolute atomic E-state index is 0.167. The first kappa shape index (κ1) is 18.5. The smallest absolute Gasteiger partial charge is 0.255 e. The summed E-state index contributed by atoms with van der Waals surface area (Å²) in [6.07, 6.45) is 0.837. The van der Waals surface area contributed by atoms with Crippen molar-refractivity contribution in [1.29, 1.82) is 0 Å². The number of ether oxygens (including phenoxy) is 2. The number of rotatable bonds is 8. The highest BCUT2D eigenvalue weighted by molar-refractivity contribution is 6.04. The SMILES string of the molecule is CCOc1ccc(C(=O)Nc2cccc(OCCc3ccccc3)c2)cc1. The van der Waals surface area contributed by atoms with Crippen LogP contribution in [-0.2, 0) is 6.42 Å². The average Bonchev–Trinajstić information content (AvgIpc) is 2.70. The number of carbonyl (C=O) groups excluding carboxylic acids is 1. The predicted octanol–water partition coefficient (Wildman–Crippen LogP) is 4.96. The molecule has 0 spiro atoms. The third-order valence-electron chi connectivity index (χ3n) is 4.02. The molecule has 0 saturated carbocycles. The van der Waals surface area contributed by atoms with Crippen molar-refractivity contribution in [3.05, 3.63) is 90.0 Å². The second-order valence-electron chi connectivity index (χ2n) is 6.02. The molecule has 4 heteroatoms. The second kappa shape index (κ2) is 9.43. The molecular weight excluding hydrogens is 338 g/mol. The van der Waals surface area contributed by atoms with Gasteiger partial charge in [0, 0.05) is 23.7 Å². The van der Waals surface area contributed by atoms with Crippen LogP contribution in [0.15, 0.2) is 78.9 Å². The molecule has 0 heterocycles. The van der Waals surface area contributed by atoms with Crippen LogP contribution in [0.1, 0.15) is 22.8 Å². The lowest BCUT2D eigenvalue weighted by molar-refractivity contribution is 0.102. The van der Waals surface area contributed by atoms with Crippen LogP contribution in [0.3, 0.4) is 0 Å². The Morgan fingerprint density at radius 1 is 0.852 bits per heavy atom. The van der Waals surface area contributed by atoms with Crippen molar-refractivity contribution in [3.63, 3.8) is 0 Å². The van der Waals surface area contributed by atoms with Gasteiger partial charge < -0.3 is 14.8 Å². The lowest BCUT2D eigenvalue weighted by atomic mass is 10.2. The zero-order chi connectivity index (χ0) is 18.9. The van der Waals surface area contributed by atoms with E-state index in [-0.39, 0.29) is 5.91 Å². The molecular formula is C23H23NO3. The topological polar surface area (TPSA) is 47.6 Å². The minimum Gasteiger partial charge on any atom is -0.494 e. The summed E-state index contributed by atoms with van der Waals surface area (Å²) in [7, 11) is 0. The molecule has 0 atom stereocenters. The lowest BCUT2D eigenvalue weighted by Crippen LogP contribution is -2.12. The Balaban J connectivity index is 1.55. The van der Waals surface area contributed by atoms with Gasteiger partial charge in [0.15, 0.2) is 0 Å². The van der Waals surface area contributed by atoms with Gasteiger partial charge in [-0.3, -0.25) is 4.79 Å². The first-order valence-corrected chi connectivity index (χ1v) is 9.05. The molecule has 0 saturated heterocycles. The Kier molecular flexibility index (Phi) is 6.47. The Morgan fingerprint density at radius 3 is 2.37 bits per heavy atom. The molecule has 27 heavy (non-hydrogen) atoms.